The van der Waals surface area contributed by atoms with Crippen molar-refractivity contribution in [2.75, 3.05) is 0 Å². The first-order valence-electron chi connectivity index (χ1n) is 6.15. The highest BCUT2D eigenvalue weighted by molar-refractivity contribution is 6.06. The number of nitrogens with zero attached hydrogens (tertiary/aromatic N) is 2. The molecule has 0 aromatic rings. The minimum Gasteiger partial charge on any atom is -0.274 e. The maximum absolute atomic E-state index is 12.2. The Morgan fingerprint density at radius 2 is 1.71 bits per heavy atom. The van der Waals surface area contributed by atoms with Gasteiger partial charge in [0, 0.05) is 0 Å². The van der Waals surface area contributed by atoms with Gasteiger partial charge in [0.2, 0.25) is 11.8 Å². The van der Waals surface area contributed by atoms with Gasteiger partial charge in [-0.1, -0.05) is 12.2 Å². The Balaban J connectivity index is 1.89. The highest BCUT2D eigenvalue weighted by Crippen LogP contribution is 2.41. The van der Waals surface area contributed by atoms with E-state index in [0.29, 0.717) is 12.8 Å². The van der Waals surface area contributed by atoms with E-state index in [1.165, 1.54) is 4.90 Å². The van der Waals surface area contributed by atoms with E-state index >= 15 is 0 Å². The number of carbonyl (C=O) groups is 2. The second kappa shape index (κ2) is 3.69. The Bertz CT molecular complexity index is 419. The molecule has 2 aliphatic carbocycles. The lowest BCUT2D eigenvalue weighted by molar-refractivity contribution is -0.141. The van der Waals surface area contributed by atoms with E-state index in [0.717, 1.165) is 12.8 Å². The molecule has 3 atom stereocenters. The predicted octanol–water partition coefficient (Wildman–Crippen LogP) is 1.24. The number of rotatable bonds is 2. The quantitative estimate of drug-likeness (QED) is 0.529. The van der Waals surface area contributed by atoms with Gasteiger partial charge in [-0.3, -0.25) is 14.5 Å². The van der Waals surface area contributed by atoms with Crippen molar-refractivity contribution < 1.29 is 9.59 Å². The van der Waals surface area contributed by atoms with Gasteiger partial charge in [0.1, 0.15) is 6.04 Å². The molecular formula is C13H14N2O2. The Labute approximate surface area is 99.9 Å². The van der Waals surface area contributed by atoms with Gasteiger partial charge in [-0.25, -0.2) is 0 Å². The first-order valence-corrected chi connectivity index (χ1v) is 6.15. The van der Waals surface area contributed by atoms with Crippen LogP contribution in [0.2, 0.25) is 0 Å². The molecule has 1 heterocycles. The molecule has 2 fully saturated rings. The second-order valence-corrected chi connectivity index (χ2v) is 5.11. The normalized spacial score (nSPS) is 33.5. The van der Waals surface area contributed by atoms with Crippen LogP contribution in [-0.2, 0) is 9.59 Å². The lowest BCUT2D eigenvalue weighted by atomic mass is 9.85. The SMILES string of the molecule is N#CC(C1CC1)N1C(=O)C2CC=CCC2C1=O. The fraction of sp³-hybridized carbons (Fsp3) is 0.615. The van der Waals surface area contributed by atoms with Crippen LogP contribution in [0.4, 0.5) is 0 Å². The van der Waals surface area contributed by atoms with Gasteiger partial charge >= 0.3 is 0 Å². The number of hydrogen-bond acceptors (Lipinski definition) is 3. The number of fused-ring (bicyclic) bond motifs is 1. The Kier molecular flexibility index (Phi) is 2.29. The van der Waals surface area contributed by atoms with Crippen molar-refractivity contribution in [2.45, 2.75) is 31.7 Å². The summed E-state index contributed by atoms with van der Waals surface area (Å²) in [6.07, 6.45) is 7.15. The van der Waals surface area contributed by atoms with Crippen molar-refractivity contribution in [2.24, 2.45) is 17.8 Å². The Morgan fingerprint density at radius 1 is 1.18 bits per heavy atom. The van der Waals surface area contributed by atoms with Crippen LogP contribution in [0.1, 0.15) is 25.7 Å². The molecule has 4 heteroatoms. The topological polar surface area (TPSA) is 61.2 Å². The first-order chi connectivity index (χ1) is 8.24. The first kappa shape index (κ1) is 10.5. The zero-order valence-electron chi connectivity index (χ0n) is 9.50. The van der Waals surface area contributed by atoms with E-state index in [4.69, 9.17) is 5.26 Å². The van der Waals surface area contributed by atoms with Gasteiger partial charge in [-0.15, -0.1) is 0 Å². The molecule has 0 N–H and O–H groups in total. The molecule has 1 saturated heterocycles. The lowest BCUT2D eigenvalue weighted by Crippen LogP contribution is -2.41. The summed E-state index contributed by atoms with van der Waals surface area (Å²) in [5.41, 5.74) is 0. The summed E-state index contributed by atoms with van der Waals surface area (Å²) in [4.78, 5) is 25.7. The number of amides is 2. The number of likely N-dealkylation sites (tertiary alicyclic amines) is 1. The number of imide groups is 1. The molecule has 0 radical (unpaired) electrons. The van der Waals surface area contributed by atoms with Crippen LogP contribution in [0.5, 0.6) is 0 Å². The van der Waals surface area contributed by atoms with Crippen molar-refractivity contribution in [3.8, 4) is 6.07 Å². The van der Waals surface area contributed by atoms with Crippen molar-refractivity contribution >= 4 is 11.8 Å². The van der Waals surface area contributed by atoms with Gasteiger partial charge in [-0.2, -0.15) is 5.26 Å². The standard InChI is InChI=1S/C13H14N2O2/c14-7-11(8-5-6-8)15-12(16)9-3-1-2-4-10(9)13(15)17/h1-2,8-11H,3-6H2. The average Bonchev–Trinajstić information content (AvgIpc) is 3.15. The summed E-state index contributed by atoms with van der Waals surface area (Å²) in [5.74, 6) is -0.434. The molecule has 1 saturated carbocycles. The summed E-state index contributed by atoms with van der Waals surface area (Å²) in [6.45, 7) is 0. The molecule has 0 aromatic carbocycles. The summed E-state index contributed by atoms with van der Waals surface area (Å²) in [6, 6.07) is 1.63. The number of nitriles is 1. The third-order valence-corrected chi connectivity index (χ3v) is 4.02. The average molecular weight is 230 g/mol. The predicted molar refractivity (Wildman–Crippen MR) is 59.3 cm³/mol. The van der Waals surface area contributed by atoms with Gasteiger partial charge in [0.05, 0.1) is 17.9 Å². The zero-order chi connectivity index (χ0) is 12.0. The van der Waals surface area contributed by atoms with Gasteiger partial charge in [-0.05, 0) is 31.6 Å². The molecule has 1 aliphatic heterocycles. The van der Waals surface area contributed by atoms with Crippen LogP contribution in [0.3, 0.4) is 0 Å². The molecule has 0 bridgehead atoms. The minimum atomic E-state index is -0.513. The van der Waals surface area contributed by atoms with Gasteiger partial charge < -0.3 is 0 Å². The monoisotopic (exact) mass is 230 g/mol. The molecule has 88 valence electrons. The molecular weight excluding hydrogens is 216 g/mol. The van der Waals surface area contributed by atoms with Crippen LogP contribution >= 0.6 is 0 Å². The summed E-state index contributed by atoms with van der Waals surface area (Å²) < 4.78 is 0. The highest BCUT2D eigenvalue weighted by atomic mass is 16.2. The summed E-state index contributed by atoms with van der Waals surface area (Å²) in [5, 5.41) is 9.15. The smallest absolute Gasteiger partial charge is 0.234 e. The molecule has 0 spiro atoms. The van der Waals surface area contributed by atoms with Crippen molar-refractivity contribution in [1.29, 1.82) is 5.26 Å². The van der Waals surface area contributed by atoms with Crippen molar-refractivity contribution in [3.63, 3.8) is 0 Å². The fourth-order valence-corrected chi connectivity index (χ4v) is 2.89. The van der Waals surface area contributed by atoms with E-state index in [1.54, 1.807) is 0 Å². The molecule has 0 aromatic heterocycles. The third kappa shape index (κ3) is 1.49. The van der Waals surface area contributed by atoms with E-state index in [-0.39, 0.29) is 29.6 Å². The van der Waals surface area contributed by atoms with Crippen LogP contribution in [0, 0.1) is 29.1 Å². The molecule has 17 heavy (non-hydrogen) atoms. The maximum Gasteiger partial charge on any atom is 0.234 e. The largest absolute Gasteiger partial charge is 0.274 e. The molecule has 3 rings (SSSR count). The van der Waals surface area contributed by atoms with E-state index in [9.17, 15) is 9.59 Å². The summed E-state index contributed by atoms with van der Waals surface area (Å²) >= 11 is 0. The lowest BCUT2D eigenvalue weighted by Gasteiger charge is -2.20. The fourth-order valence-electron chi connectivity index (χ4n) is 2.89. The van der Waals surface area contributed by atoms with Crippen LogP contribution in [0.25, 0.3) is 0 Å². The Hall–Kier alpha value is -1.63. The number of allylic oxidation sites excluding steroid dienone is 2. The van der Waals surface area contributed by atoms with E-state index < -0.39 is 6.04 Å². The maximum atomic E-state index is 12.2. The number of hydrogen-bond donors (Lipinski definition) is 0. The van der Waals surface area contributed by atoms with E-state index in [1.807, 2.05) is 12.2 Å². The van der Waals surface area contributed by atoms with E-state index in [2.05, 4.69) is 6.07 Å². The zero-order valence-corrected chi connectivity index (χ0v) is 9.50. The molecule has 3 aliphatic rings. The summed E-state index contributed by atoms with van der Waals surface area (Å²) in [7, 11) is 0. The minimum absolute atomic E-state index is 0.122. The van der Waals surface area contributed by atoms with Gasteiger partial charge in [0.15, 0.2) is 0 Å². The van der Waals surface area contributed by atoms with Crippen LogP contribution < -0.4 is 0 Å². The van der Waals surface area contributed by atoms with Gasteiger partial charge in [0.25, 0.3) is 0 Å². The Morgan fingerprint density at radius 3 is 2.12 bits per heavy atom. The van der Waals surface area contributed by atoms with Crippen LogP contribution in [0.15, 0.2) is 12.2 Å². The second-order valence-electron chi connectivity index (χ2n) is 5.11. The van der Waals surface area contributed by atoms with Crippen molar-refractivity contribution in [1.82, 2.24) is 4.90 Å². The molecule has 3 unspecified atom stereocenters. The third-order valence-electron chi connectivity index (χ3n) is 4.02. The molecule has 2 amide bonds. The highest BCUT2D eigenvalue weighted by Gasteiger charge is 2.52. The molecule has 4 nitrogen and oxygen atoms in total. The van der Waals surface area contributed by atoms with Crippen LogP contribution in [-0.4, -0.2) is 22.8 Å². The number of carbonyl (C=O) groups excluding carboxylic acids is 2. The van der Waals surface area contributed by atoms with Crippen molar-refractivity contribution in [3.05, 3.63) is 12.2 Å².